The fraction of sp³-hybridized carbons (Fsp3) is 0.600. The first-order valence-electron chi connectivity index (χ1n) is 6.95. The van der Waals surface area contributed by atoms with E-state index in [0.717, 1.165) is 24.1 Å². The summed E-state index contributed by atoms with van der Waals surface area (Å²) < 4.78 is 0. The molecule has 3 aliphatic rings. The average molecular weight is 260 g/mol. The summed E-state index contributed by atoms with van der Waals surface area (Å²) in [7, 11) is 0. The highest BCUT2D eigenvalue weighted by Gasteiger charge is 2.48. The number of allylic oxidation sites excluding steroid dienone is 2. The van der Waals surface area contributed by atoms with Crippen molar-refractivity contribution in [3.63, 3.8) is 0 Å². The van der Waals surface area contributed by atoms with Crippen molar-refractivity contribution in [3.8, 4) is 0 Å². The summed E-state index contributed by atoms with van der Waals surface area (Å²) in [6.07, 6.45) is 6.94. The van der Waals surface area contributed by atoms with Crippen LogP contribution in [0, 0.1) is 11.8 Å². The van der Waals surface area contributed by atoms with E-state index in [4.69, 9.17) is 0 Å². The lowest BCUT2D eigenvalue weighted by Gasteiger charge is -2.28. The minimum Gasteiger partial charge on any atom is -0.386 e. The molecule has 1 amide bonds. The molecule has 5 unspecified atom stereocenters. The first-order valence-corrected chi connectivity index (χ1v) is 6.95. The largest absolute Gasteiger partial charge is 0.386 e. The van der Waals surface area contributed by atoms with Gasteiger partial charge in [-0.3, -0.25) is 9.79 Å². The number of amides is 1. The van der Waals surface area contributed by atoms with Crippen LogP contribution >= 0.6 is 0 Å². The normalized spacial score (nSPS) is 40.1. The van der Waals surface area contributed by atoms with Gasteiger partial charge in [0, 0.05) is 17.5 Å². The van der Waals surface area contributed by atoms with Crippen molar-refractivity contribution >= 4 is 11.6 Å². The Morgan fingerprint density at radius 3 is 2.95 bits per heavy atom. The van der Waals surface area contributed by atoms with Gasteiger partial charge in [-0.15, -0.1) is 0 Å². The van der Waals surface area contributed by atoms with Crippen molar-refractivity contribution in [2.75, 3.05) is 0 Å². The molecule has 0 radical (unpaired) electrons. The molecule has 0 spiro atoms. The molecular formula is C15H20N2O2. The SMILES string of the molecule is CC(C)=NC1CCC2C(=O)NC3C=CC=C(C1O)C32. The maximum atomic E-state index is 12.0. The Morgan fingerprint density at radius 2 is 2.21 bits per heavy atom. The Bertz CT molecular complexity index is 488. The number of carbonyl (C=O) groups is 1. The molecule has 5 atom stereocenters. The molecule has 0 aromatic carbocycles. The standard InChI is InChI=1S/C15H20N2O2/c1-8(2)16-12-7-6-10-13-9(14(12)18)4-3-5-11(13)17-15(10)19/h3-5,10-14,18H,6-7H2,1-2H3,(H,17,19). The monoisotopic (exact) mass is 260 g/mol. The third-order valence-electron chi connectivity index (χ3n) is 4.36. The third-order valence-corrected chi connectivity index (χ3v) is 4.36. The van der Waals surface area contributed by atoms with E-state index in [1.807, 2.05) is 32.1 Å². The Balaban J connectivity index is 1.98. The number of aliphatic hydroxyl groups excluding tert-OH is 1. The maximum absolute atomic E-state index is 12.0. The molecule has 3 rings (SSSR count). The second-order valence-corrected chi connectivity index (χ2v) is 5.88. The summed E-state index contributed by atoms with van der Waals surface area (Å²) in [6, 6.07) is -0.0561. The Hall–Kier alpha value is -1.42. The second-order valence-electron chi connectivity index (χ2n) is 5.88. The summed E-state index contributed by atoms with van der Waals surface area (Å²) in [5.74, 6) is 0.232. The van der Waals surface area contributed by atoms with Crippen LogP contribution in [-0.4, -0.2) is 34.9 Å². The predicted molar refractivity (Wildman–Crippen MR) is 73.9 cm³/mol. The molecular weight excluding hydrogens is 240 g/mol. The van der Waals surface area contributed by atoms with Gasteiger partial charge in [0.2, 0.25) is 5.91 Å². The Morgan fingerprint density at radius 1 is 1.42 bits per heavy atom. The van der Waals surface area contributed by atoms with Crippen LogP contribution in [-0.2, 0) is 4.79 Å². The van der Waals surface area contributed by atoms with Crippen LogP contribution in [0.15, 0.2) is 28.8 Å². The van der Waals surface area contributed by atoms with Crippen molar-refractivity contribution in [1.29, 1.82) is 0 Å². The fourth-order valence-electron chi connectivity index (χ4n) is 3.58. The average Bonchev–Trinajstić information content (AvgIpc) is 2.61. The van der Waals surface area contributed by atoms with E-state index >= 15 is 0 Å². The molecule has 1 aliphatic heterocycles. The first-order chi connectivity index (χ1) is 9.08. The van der Waals surface area contributed by atoms with E-state index < -0.39 is 6.10 Å². The number of aliphatic imine (C=N–C) groups is 1. The Labute approximate surface area is 113 Å². The zero-order valence-corrected chi connectivity index (χ0v) is 11.3. The number of hydrogen-bond donors (Lipinski definition) is 2. The highest BCUT2D eigenvalue weighted by molar-refractivity contribution is 5.83. The lowest BCUT2D eigenvalue weighted by molar-refractivity contribution is -0.123. The maximum Gasteiger partial charge on any atom is 0.224 e. The highest BCUT2D eigenvalue weighted by Crippen LogP contribution is 2.42. The molecule has 1 saturated carbocycles. The minimum atomic E-state index is -0.565. The smallest absolute Gasteiger partial charge is 0.224 e. The second kappa shape index (κ2) is 4.60. The van der Waals surface area contributed by atoms with Gasteiger partial charge in [-0.05, 0) is 32.3 Å². The van der Waals surface area contributed by atoms with E-state index in [-0.39, 0.29) is 29.8 Å². The number of nitrogens with zero attached hydrogens (tertiary/aromatic N) is 1. The van der Waals surface area contributed by atoms with Gasteiger partial charge in [-0.2, -0.15) is 0 Å². The van der Waals surface area contributed by atoms with Crippen LogP contribution in [0.25, 0.3) is 0 Å². The molecule has 102 valence electrons. The predicted octanol–water partition coefficient (Wildman–Crippen LogP) is 1.22. The summed E-state index contributed by atoms with van der Waals surface area (Å²) in [5.41, 5.74) is 1.95. The molecule has 2 N–H and O–H groups in total. The zero-order valence-electron chi connectivity index (χ0n) is 11.3. The van der Waals surface area contributed by atoms with Crippen LogP contribution < -0.4 is 5.32 Å². The van der Waals surface area contributed by atoms with Gasteiger partial charge >= 0.3 is 0 Å². The fourth-order valence-corrected chi connectivity index (χ4v) is 3.58. The zero-order chi connectivity index (χ0) is 13.6. The molecule has 1 heterocycles. The first kappa shape index (κ1) is 12.6. The molecule has 19 heavy (non-hydrogen) atoms. The van der Waals surface area contributed by atoms with Crippen molar-refractivity contribution in [2.45, 2.75) is 44.9 Å². The molecule has 1 saturated heterocycles. The van der Waals surface area contributed by atoms with E-state index in [9.17, 15) is 9.90 Å². The van der Waals surface area contributed by atoms with Crippen LogP contribution in [0.1, 0.15) is 26.7 Å². The van der Waals surface area contributed by atoms with Gasteiger partial charge in [0.05, 0.1) is 18.2 Å². The summed E-state index contributed by atoms with van der Waals surface area (Å²) in [6.45, 7) is 3.90. The van der Waals surface area contributed by atoms with Gasteiger partial charge in [0.1, 0.15) is 0 Å². The van der Waals surface area contributed by atoms with Crippen molar-refractivity contribution in [3.05, 3.63) is 23.8 Å². The number of aliphatic hydroxyl groups is 1. The van der Waals surface area contributed by atoms with Crippen molar-refractivity contribution < 1.29 is 9.90 Å². The third kappa shape index (κ3) is 2.04. The number of nitrogens with one attached hydrogen (secondary N) is 1. The molecule has 2 aliphatic carbocycles. The van der Waals surface area contributed by atoms with Crippen LogP contribution in [0.4, 0.5) is 0 Å². The van der Waals surface area contributed by atoms with E-state index in [2.05, 4.69) is 10.3 Å². The van der Waals surface area contributed by atoms with Crippen LogP contribution in [0.3, 0.4) is 0 Å². The van der Waals surface area contributed by atoms with E-state index in [1.165, 1.54) is 0 Å². The highest BCUT2D eigenvalue weighted by atomic mass is 16.3. The van der Waals surface area contributed by atoms with Crippen molar-refractivity contribution in [1.82, 2.24) is 5.32 Å². The lowest BCUT2D eigenvalue weighted by Crippen LogP contribution is -2.35. The topological polar surface area (TPSA) is 61.7 Å². The minimum absolute atomic E-state index is 0.00628. The van der Waals surface area contributed by atoms with Gasteiger partial charge in [-0.25, -0.2) is 0 Å². The Kier molecular flexibility index (Phi) is 3.05. The van der Waals surface area contributed by atoms with Crippen molar-refractivity contribution in [2.24, 2.45) is 16.8 Å². The summed E-state index contributed by atoms with van der Waals surface area (Å²) >= 11 is 0. The number of carbonyl (C=O) groups excluding carboxylic acids is 1. The molecule has 2 fully saturated rings. The quantitative estimate of drug-likeness (QED) is 0.696. The molecule has 0 aromatic rings. The van der Waals surface area contributed by atoms with Gasteiger partial charge in [-0.1, -0.05) is 18.2 Å². The molecule has 0 bridgehead atoms. The van der Waals surface area contributed by atoms with Gasteiger partial charge < -0.3 is 10.4 Å². The van der Waals surface area contributed by atoms with E-state index in [0.29, 0.717) is 0 Å². The molecule has 4 nitrogen and oxygen atoms in total. The number of rotatable bonds is 1. The van der Waals surface area contributed by atoms with Gasteiger partial charge in [0.25, 0.3) is 0 Å². The summed E-state index contributed by atoms with van der Waals surface area (Å²) in [4.78, 5) is 16.6. The summed E-state index contributed by atoms with van der Waals surface area (Å²) in [5, 5.41) is 13.6. The molecule has 4 heteroatoms. The van der Waals surface area contributed by atoms with Gasteiger partial charge in [0.15, 0.2) is 0 Å². The van der Waals surface area contributed by atoms with E-state index in [1.54, 1.807) is 0 Å². The lowest BCUT2D eigenvalue weighted by atomic mass is 9.79. The van der Waals surface area contributed by atoms with Crippen LogP contribution in [0.2, 0.25) is 0 Å². The molecule has 0 aromatic heterocycles. The number of hydrogen-bond acceptors (Lipinski definition) is 3. The van der Waals surface area contributed by atoms with Crippen LogP contribution in [0.5, 0.6) is 0 Å².